The van der Waals surface area contributed by atoms with E-state index < -0.39 is 5.41 Å². The minimum atomic E-state index is -1.27. The highest BCUT2D eigenvalue weighted by atomic mass is 32.1. The first-order valence-electron chi connectivity index (χ1n) is 12.7. The van der Waals surface area contributed by atoms with Crippen molar-refractivity contribution in [1.82, 2.24) is 14.8 Å². The molecule has 0 bridgehead atoms. The van der Waals surface area contributed by atoms with Crippen LogP contribution in [0.5, 0.6) is 0 Å². The highest BCUT2D eigenvalue weighted by Crippen LogP contribution is 2.39. The maximum atomic E-state index is 13.7. The van der Waals surface area contributed by atoms with Gasteiger partial charge in [-0.25, -0.2) is 4.98 Å². The number of aromatic nitrogens is 1. The van der Waals surface area contributed by atoms with Crippen LogP contribution in [0.15, 0.2) is 24.3 Å². The molecule has 0 saturated carbocycles. The van der Waals surface area contributed by atoms with Crippen LogP contribution in [-0.2, 0) is 15.0 Å². The number of hydrogen-bond donors (Lipinski definition) is 0. The Bertz CT molecular complexity index is 997. The summed E-state index contributed by atoms with van der Waals surface area (Å²) >= 11 is 1.43. The fraction of sp³-hybridized carbons (Fsp3) is 0.630. The van der Waals surface area contributed by atoms with E-state index in [1.165, 1.54) is 11.3 Å². The summed E-state index contributed by atoms with van der Waals surface area (Å²) in [6.45, 7) is 8.34. The SMILES string of the molecule is C[C@@H]1CCC[C@H](C)N1C(=O)CC(C#N)(CC(=O)N1[C@@H](C)CCC[C@@H]1C)c1nc2ccccc2s1. The first-order valence-corrected chi connectivity index (χ1v) is 13.5. The van der Waals surface area contributed by atoms with Crippen LogP contribution < -0.4 is 0 Å². The monoisotopic (exact) mass is 480 g/mol. The van der Waals surface area contributed by atoms with Gasteiger partial charge in [0.05, 0.1) is 29.1 Å². The van der Waals surface area contributed by atoms with Gasteiger partial charge in [-0.15, -0.1) is 11.3 Å². The molecule has 34 heavy (non-hydrogen) atoms. The fourth-order valence-electron chi connectivity index (χ4n) is 5.94. The maximum absolute atomic E-state index is 13.7. The number of fused-ring (bicyclic) bond motifs is 1. The summed E-state index contributed by atoms with van der Waals surface area (Å²) in [6.07, 6.45) is 6.07. The van der Waals surface area contributed by atoms with E-state index in [9.17, 15) is 14.9 Å². The van der Waals surface area contributed by atoms with Crippen molar-refractivity contribution in [2.75, 3.05) is 0 Å². The summed E-state index contributed by atoms with van der Waals surface area (Å²) in [5.41, 5.74) is -0.465. The summed E-state index contributed by atoms with van der Waals surface area (Å²) in [5, 5.41) is 11.2. The van der Waals surface area contributed by atoms with E-state index in [1.807, 2.05) is 34.1 Å². The average Bonchev–Trinajstić information content (AvgIpc) is 3.23. The molecule has 6 nitrogen and oxygen atoms in total. The van der Waals surface area contributed by atoms with Gasteiger partial charge in [0.25, 0.3) is 0 Å². The molecule has 2 saturated heterocycles. The molecular formula is C27H36N4O2S. The van der Waals surface area contributed by atoms with Gasteiger partial charge in [0, 0.05) is 24.2 Å². The molecule has 7 heteroatoms. The number of carbonyl (C=O) groups is 2. The zero-order chi connectivity index (χ0) is 24.5. The van der Waals surface area contributed by atoms with Crippen LogP contribution >= 0.6 is 11.3 Å². The third kappa shape index (κ3) is 4.70. The van der Waals surface area contributed by atoms with E-state index in [4.69, 9.17) is 4.98 Å². The number of hydrogen-bond acceptors (Lipinski definition) is 5. The molecule has 0 aliphatic carbocycles. The molecule has 1 aromatic carbocycles. The number of benzene rings is 1. The Morgan fingerprint density at radius 1 is 0.941 bits per heavy atom. The Morgan fingerprint density at radius 2 is 1.41 bits per heavy atom. The largest absolute Gasteiger partial charge is 0.337 e. The molecule has 0 N–H and O–H groups in total. The number of likely N-dealkylation sites (tertiary alicyclic amines) is 2. The predicted molar refractivity (Wildman–Crippen MR) is 135 cm³/mol. The van der Waals surface area contributed by atoms with Gasteiger partial charge in [-0.1, -0.05) is 12.1 Å². The standard InChI is InChI=1S/C27H36N4O2S/c1-18-9-7-10-19(2)30(18)24(32)15-27(17-28,26-29-22-13-5-6-14-23(22)34-26)16-25(33)31-20(3)11-8-12-21(31)4/h5-6,13-14,18-21H,7-12,15-16H2,1-4H3/t18-,19-,20-,21+,27?/m0/s1. The van der Waals surface area contributed by atoms with Crippen molar-refractivity contribution in [3.05, 3.63) is 29.3 Å². The molecule has 0 radical (unpaired) electrons. The smallest absolute Gasteiger partial charge is 0.225 e. The van der Waals surface area contributed by atoms with Crippen LogP contribution in [0.2, 0.25) is 0 Å². The average molecular weight is 481 g/mol. The molecular weight excluding hydrogens is 444 g/mol. The lowest BCUT2D eigenvalue weighted by molar-refractivity contribution is -0.140. The van der Waals surface area contributed by atoms with E-state index >= 15 is 0 Å². The van der Waals surface area contributed by atoms with E-state index in [1.54, 1.807) is 0 Å². The van der Waals surface area contributed by atoms with Gasteiger partial charge in [-0.05, 0) is 78.4 Å². The minimum absolute atomic E-state index is 0.0135. The van der Waals surface area contributed by atoms with Crippen LogP contribution in [-0.4, -0.2) is 50.8 Å². The number of thiazole rings is 1. The molecule has 4 rings (SSSR count). The summed E-state index contributed by atoms with van der Waals surface area (Å²) in [6, 6.07) is 10.8. The summed E-state index contributed by atoms with van der Waals surface area (Å²) < 4.78 is 0.969. The molecule has 1 aromatic heterocycles. The molecule has 2 aliphatic heterocycles. The zero-order valence-corrected chi connectivity index (χ0v) is 21.6. The van der Waals surface area contributed by atoms with E-state index in [0.717, 1.165) is 48.7 Å². The quantitative estimate of drug-likeness (QED) is 0.573. The Morgan fingerprint density at radius 3 is 1.85 bits per heavy atom. The maximum Gasteiger partial charge on any atom is 0.225 e. The topological polar surface area (TPSA) is 77.3 Å². The molecule has 5 atom stereocenters. The van der Waals surface area contributed by atoms with E-state index in [0.29, 0.717) is 5.01 Å². The lowest BCUT2D eigenvalue weighted by Crippen LogP contribution is -2.51. The Hall–Kier alpha value is -2.46. The van der Waals surface area contributed by atoms with Crippen molar-refractivity contribution in [2.45, 2.75) is 109 Å². The summed E-state index contributed by atoms with van der Waals surface area (Å²) in [7, 11) is 0. The Kier molecular flexibility index (Phi) is 7.28. The normalized spacial score (nSPS) is 27.3. The van der Waals surface area contributed by atoms with Crippen LogP contribution in [0.1, 0.15) is 84.1 Å². The Balaban J connectivity index is 1.71. The lowest BCUT2D eigenvalue weighted by Gasteiger charge is -2.42. The molecule has 2 aliphatic rings. The van der Waals surface area contributed by atoms with Gasteiger partial charge in [0.15, 0.2) is 0 Å². The van der Waals surface area contributed by atoms with Crippen molar-refractivity contribution in [3.8, 4) is 6.07 Å². The minimum Gasteiger partial charge on any atom is -0.337 e. The summed E-state index contributed by atoms with van der Waals surface area (Å²) in [5.74, 6) is -0.0962. The summed E-state index contributed by atoms with van der Waals surface area (Å²) in [4.78, 5) is 36.1. The number of amides is 2. The second-order valence-corrected chi connectivity index (χ2v) is 11.4. The molecule has 0 spiro atoms. The molecule has 182 valence electrons. The van der Waals surface area contributed by atoms with Crippen molar-refractivity contribution in [3.63, 3.8) is 0 Å². The van der Waals surface area contributed by atoms with Gasteiger partial charge in [0.2, 0.25) is 11.8 Å². The molecule has 2 amide bonds. The highest BCUT2D eigenvalue weighted by Gasteiger charge is 2.45. The number of nitriles is 1. The number of para-hydroxylation sites is 1. The predicted octanol–water partition coefficient (Wildman–Crippen LogP) is 5.42. The molecule has 2 aromatic rings. The van der Waals surface area contributed by atoms with Crippen molar-refractivity contribution in [2.24, 2.45) is 0 Å². The molecule has 1 unspecified atom stereocenters. The molecule has 2 fully saturated rings. The number of nitrogens with zero attached hydrogens (tertiary/aromatic N) is 4. The lowest BCUT2D eigenvalue weighted by atomic mass is 9.80. The van der Waals surface area contributed by atoms with Gasteiger partial charge in [0.1, 0.15) is 10.4 Å². The Labute approximate surface area is 206 Å². The number of rotatable bonds is 5. The van der Waals surface area contributed by atoms with Crippen LogP contribution in [0, 0.1) is 11.3 Å². The van der Waals surface area contributed by atoms with Crippen LogP contribution in [0.25, 0.3) is 10.2 Å². The van der Waals surface area contributed by atoms with Gasteiger partial charge >= 0.3 is 0 Å². The second kappa shape index (κ2) is 10.0. The van der Waals surface area contributed by atoms with Crippen LogP contribution in [0.4, 0.5) is 0 Å². The first-order chi connectivity index (χ1) is 16.3. The number of carbonyl (C=O) groups excluding carboxylic acids is 2. The second-order valence-electron chi connectivity index (χ2n) is 10.4. The van der Waals surface area contributed by atoms with Crippen LogP contribution in [0.3, 0.4) is 0 Å². The van der Waals surface area contributed by atoms with Crippen molar-refractivity contribution >= 4 is 33.4 Å². The molecule has 3 heterocycles. The van der Waals surface area contributed by atoms with Gasteiger partial charge in [-0.3, -0.25) is 9.59 Å². The number of piperidine rings is 2. The third-order valence-electron chi connectivity index (χ3n) is 7.79. The van der Waals surface area contributed by atoms with E-state index in [2.05, 4.69) is 33.8 Å². The zero-order valence-electron chi connectivity index (χ0n) is 20.8. The fourth-order valence-corrected chi connectivity index (χ4v) is 7.04. The van der Waals surface area contributed by atoms with E-state index in [-0.39, 0.29) is 48.8 Å². The van der Waals surface area contributed by atoms with Crippen molar-refractivity contribution < 1.29 is 9.59 Å². The first kappa shape index (κ1) is 24.7. The van der Waals surface area contributed by atoms with Gasteiger partial charge < -0.3 is 9.80 Å². The van der Waals surface area contributed by atoms with Gasteiger partial charge in [-0.2, -0.15) is 5.26 Å². The highest BCUT2D eigenvalue weighted by molar-refractivity contribution is 7.18. The third-order valence-corrected chi connectivity index (χ3v) is 9.03. The van der Waals surface area contributed by atoms with Crippen molar-refractivity contribution in [1.29, 1.82) is 5.26 Å².